The zero-order valence-electron chi connectivity index (χ0n) is 17.4. The van der Waals surface area contributed by atoms with Gasteiger partial charge in [0.15, 0.2) is 17.4 Å². The molecule has 1 aromatic heterocycles. The molecule has 31 heavy (non-hydrogen) atoms. The molecule has 0 fully saturated rings. The number of rotatable bonds is 6. The van der Waals surface area contributed by atoms with Crippen molar-refractivity contribution in [3.63, 3.8) is 0 Å². The Labute approximate surface area is 185 Å². The maximum atomic E-state index is 13.4. The van der Waals surface area contributed by atoms with Gasteiger partial charge >= 0.3 is 6.61 Å². The van der Waals surface area contributed by atoms with Gasteiger partial charge in [0, 0.05) is 17.3 Å². The van der Waals surface area contributed by atoms with Gasteiger partial charge in [0.25, 0.3) is 0 Å². The number of alkyl halides is 2. The van der Waals surface area contributed by atoms with Crippen molar-refractivity contribution in [3.8, 4) is 5.75 Å². The molecule has 1 heterocycles. The summed E-state index contributed by atoms with van der Waals surface area (Å²) in [6.07, 6.45) is 3.54. The Morgan fingerprint density at radius 3 is 2.23 bits per heavy atom. The Kier molecular flexibility index (Phi) is 6.97. The second-order valence-corrected chi connectivity index (χ2v) is 7.61. The van der Waals surface area contributed by atoms with Crippen molar-refractivity contribution in [1.29, 1.82) is 0 Å². The molecule has 0 unspecified atom stereocenters. The number of ether oxygens (including phenoxy) is 1. The van der Waals surface area contributed by atoms with Crippen molar-refractivity contribution in [2.24, 2.45) is 0 Å². The number of halogens is 2. The van der Waals surface area contributed by atoms with Crippen molar-refractivity contribution in [2.45, 2.75) is 27.4 Å². The number of aryl methyl sites for hydroxylation is 3. The lowest BCUT2D eigenvalue weighted by Crippen LogP contribution is -2.40. The Bertz CT molecular complexity index is 1110. The van der Waals surface area contributed by atoms with Gasteiger partial charge in [-0.15, -0.1) is 0 Å². The monoisotopic (exact) mass is 440 g/mol. The molecule has 3 aromatic rings. The number of anilines is 1. The zero-order chi connectivity index (χ0) is 22.5. The van der Waals surface area contributed by atoms with E-state index in [0.29, 0.717) is 5.56 Å². The summed E-state index contributed by atoms with van der Waals surface area (Å²) in [5, 5.41) is 16.5. The molecule has 0 spiro atoms. The van der Waals surface area contributed by atoms with Crippen LogP contribution in [0.4, 0.5) is 14.5 Å². The van der Waals surface area contributed by atoms with E-state index in [4.69, 9.17) is 12.2 Å². The minimum Gasteiger partial charge on any atom is -0.867 e. The summed E-state index contributed by atoms with van der Waals surface area (Å²) < 4.78 is 30.9. The van der Waals surface area contributed by atoms with Crippen LogP contribution in [0, 0.1) is 20.8 Å². The molecule has 0 saturated carbocycles. The van der Waals surface area contributed by atoms with Crippen LogP contribution in [0.1, 0.15) is 22.3 Å². The first-order valence-electron chi connectivity index (χ1n) is 9.57. The van der Waals surface area contributed by atoms with Crippen LogP contribution in [0.15, 0.2) is 67.0 Å². The molecule has 0 amide bonds. The molecule has 0 aliphatic heterocycles. The Balaban J connectivity index is 2.04. The average Bonchev–Trinajstić information content (AvgIpc) is 2.67. The van der Waals surface area contributed by atoms with Crippen LogP contribution in [0.3, 0.4) is 0 Å². The topological polar surface area (TPSA) is 48.2 Å². The molecule has 3 rings (SSSR count). The lowest BCUT2D eigenvalue weighted by molar-refractivity contribution is -0.578. The maximum Gasteiger partial charge on any atom is 0.387 e. The third-order valence-electron chi connectivity index (χ3n) is 4.46. The molecule has 0 atom stereocenters. The van der Waals surface area contributed by atoms with Gasteiger partial charge in [0.2, 0.25) is 5.70 Å². The van der Waals surface area contributed by atoms with Crippen LogP contribution in [-0.2, 0) is 0 Å². The number of pyridine rings is 1. The second-order valence-electron chi connectivity index (χ2n) is 7.20. The highest BCUT2D eigenvalue weighted by Crippen LogP contribution is 2.22. The minimum absolute atomic E-state index is 0.0211. The third-order valence-corrected chi connectivity index (χ3v) is 4.75. The lowest BCUT2D eigenvalue weighted by Gasteiger charge is -2.18. The van der Waals surface area contributed by atoms with Crippen LogP contribution in [-0.4, -0.2) is 11.6 Å². The van der Waals surface area contributed by atoms with Crippen molar-refractivity contribution in [1.82, 2.24) is 0 Å². The number of hydrogen-bond acceptors (Lipinski definition) is 3. The fourth-order valence-electron chi connectivity index (χ4n) is 3.23. The SMILES string of the molecule is Cc1cc(C)cc(NC(=S)C(=C([O-])c2ccc(OC(F)F)cc2)[n+]2cccc(C)c2)c1. The molecule has 0 bridgehead atoms. The largest absolute Gasteiger partial charge is 0.867 e. The molecule has 160 valence electrons. The highest BCUT2D eigenvalue weighted by Gasteiger charge is 2.19. The lowest BCUT2D eigenvalue weighted by atomic mass is 10.1. The number of nitrogens with zero attached hydrogens (tertiary/aromatic N) is 1. The van der Waals surface area contributed by atoms with Gasteiger partial charge in [0.1, 0.15) is 5.75 Å². The molecule has 7 heteroatoms. The smallest absolute Gasteiger partial charge is 0.387 e. The van der Waals surface area contributed by atoms with Crippen LogP contribution in [0.2, 0.25) is 0 Å². The van der Waals surface area contributed by atoms with Gasteiger partial charge in [-0.25, -0.2) is 0 Å². The number of aromatic nitrogens is 1. The van der Waals surface area contributed by atoms with E-state index in [1.165, 1.54) is 24.3 Å². The summed E-state index contributed by atoms with van der Waals surface area (Å²) in [7, 11) is 0. The average molecular weight is 441 g/mol. The van der Waals surface area contributed by atoms with E-state index >= 15 is 0 Å². The highest BCUT2D eigenvalue weighted by molar-refractivity contribution is 7.81. The summed E-state index contributed by atoms with van der Waals surface area (Å²) in [5.41, 5.74) is 4.41. The summed E-state index contributed by atoms with van der Waals surface area (Å²) in [6, 6.07) is 15.2. The van der Waals surface area contributed by atoms with Gasteiger partial charge in [-0.2, -0.15) is 13.3 Å². The van der Waals surface area contributed by atoms with Crippen molar-refractivity contribution in [2.75, 3.05) is 5.32 Å². The molecular weight excluding hydrogens is 418 g/mol. The second kappa shape index (κ2) is 9.66. The van der Waals surface area contributed by atoms with Gasteiger partial charge in [-0.3, -0.25) is 0 Å². The highest BCUT2D eigenvalue weighted by atomic mass is 32.1. The molecular formula is C24H22F2N2O2S. The predicted octanol–water partition coefficient (Wildman–Crippen LogP) is 4.63. The van der Waals surface area contributed by atoms with E-state index in [1.807, 2.05) is 51.1 Å². The van der Waals surface area contributed by atoms with Crippen molar-refractivity contribution >= 4 is 34.3 Å². The Hall–Kier alpha value is -3.32. The third kappa shape index (κ3) is 5.86. The van der Waals surface area contributed by atoms with Gasteiger partial charge in [0.05, 0.1) is 0 Å². The van der Waals surface area contributed by atoms with E-state index in [9.17, 15) is 13.9 Å². The number of hydrogen-bond donors (Lipinski definition) is 1. The Morgan fingerprint density at radius 2 is 1.65 bits per heavy atom. The summed E-state index contributed by atoms with van der Waals surface area (Å²) >= 11 is 5.61. The van der Waals surface area contributed by atoms with Crippen LogP contribution in [0.25, 0.3) is 11.5 Å². The molecule has 2 aromatic carbocycles. The minimum atomic E-state index is -2.93. The molecule has 0 aliphatic carbocycles. The molecule has 0 radical (unpaired) electrons. The summed E-state index contributed by atoms with van der Waals surface area (Å²) in [5.74, 6) is -0.367. The van der Waals surface area contributed by atoms with Gasteiger partial charge in [-0.1, -0.05) is 30.4 Å². The van der Waals surface area contributed by atoms with Crippen molar-refractivity contribution in [3.05, 3.63) is 89.2 Å². The summed E-state index contributed by atoms with van der Waals surface area (Å²) in [6.45, 7) is 2.95. The van der Waals surface area contributed by atoms with E-state index in [0.717, 1.165) is 22.4 Å². The van der Waals surface area contributed by atoms with Gasteiger partial charge < -0.3 is 15.2 Å². The molecule has 0 saturated heterocycles. The number of nitrogens with one attached hydrogen (secondary N) is 1. The maximum absolute atomic E-state index is 13.4. The number of thiocarbonyl (C=S) groups is 1. The van der Waals surface area contributed by atoms with E-state index in [2.05, 4.69) is 10.1 Å². The predicted molar refractivity (Wildman–Crippen MR) is 120 cm³/mol. The van der Waals surface area contributed by atoms with Crippen LogP contribution >= 0.6 is 12.2 Å². The van der Waals surface area contributed by atoms with Crippen LogP contribution in [0.5, 0.6) is 5.75 Å². The van der Waals surface area contributed by atoms with Crippen LogP contribution < -0.4 is 19.7 Å². The fourth-order valence-corrected chi connectivity index (χ4v) is 3.55. The van der Waals surface area contributed by atoms with E-state index in [-0.39, 0.29) is 22.2 Å². The molecule has 4 nitrogen and oxygen atoms in total. The first-order valence-corrected chi connectivity index (χ1v) is 9.98. The molecule has 1 N–H and O–H groups in total. The standard InChI is InChI=1S/C24H22F2N2O2S/c1-15-5-4-10-28(14-15)21(23(31)27-19-12-16(2)11-17(3)13-19)22(29)18-6-8-20(9-7-18)30-24(25)26/h4-14,24H,1-3H3,(H-,27,29,31). The molecule has 0 aliphatic rings. The fraction of sp³-hybridized carbons (Fsp3) is 0.167. The summed E-state index contributed by atoms with van der Waals surface area (Å²) in [4.78, 5) is 0.249. The van der Waals surface area contributed by atoms with Gasteiger partial charge in [-0.05, 0) is 73.6 Å². The van der Waals surface area contributed by atoms with E-state index < -0.39 is 6.61 Å². The van der Waals surface area contributed by atoms with Crippen molar-refractivity contribution < 1.29 is 23.2 Å². The normalized spacial score (nSPS) is 11.8. The zero-order valence-corrected chi connectivity index (χ0v) is 18.2. The number of benzene rings is 2. The quantitative estimate of drug-likeness (QED) is 0.263. The first kappa shape index (κ1) is 22.4. The van der Waals surface area contributed by atoms with E-state index in [1.54, 1.807) is 17.0 Å². The Morgan fingerprint density at radius 1 is 1.00 bits per heavy atom. The first-order chi connectivity index (χ1) is 14.7.